The molecule has 100 valence electrons. The molecule has 0 unspecified atom stereocenters. The molecule has 0 aromatic rings. The van der Waals surface area contributed by atoms with Crippen LogP contribution in [0.5, 0.6) is 0 Å². The van der Waals surface area contributed by atoms with Gasteiger partial charge in [-0.25, -0.2) is 0 Å². The van der Waals surface area contributed by atoms with Crippen LogP contribution in [0.1, 0.15) is 19.3 Å². The Morgan fingerprint density at radius 1 is 1.00 bits per heavy atom. The number of hydrogen-bond acceptors (Lipinski definition) is 2. The van der Waals surface area contributed by atoms with Crippen molar-refractivity contribution in [1.82, 2.24) is 9.62 Å². The fourth-order valence-electron chi connectivity index (χ4n) is 3.02. The second-order valence-corrected chi connectivity index (χ2v) is 21.3. The Morgan fingerprint density at radius 3 is 2.11 bits per heavy atom. The second kappa shape index (κ2) is 5.72. The molecule has 1 saturated carbocycles. The van der Waals surface area contributed by atoms with Gasteiger partial charge in [0.2, 0.25) is 0 Å². The fourth-order valence-corrected chi connectivity index (χ4v) is 6.94. The zero-order valence-electron chi connectivity index (χ0n) is 12.7. The van der Waals surface area contributed by atoms with Crippen molar-refractivity contribution in [3.63, 3.8) is 0 Å². The molecular formula is C14H27BN2Sn. The molecule has 2 fully saturated rings. The summed E-state index contributed by atoms with van der Waals surface area (Å²) in [5.74, 6) is 2.53. The second-order valence-electron chi connectivity index (χ2n) is 6.96. The maximum atomic E-state index is 2.68. The van der Waals surface area contributed by atoms with Crippen molar-refractivity contribution in [2.75, 3.05) is 27.2 Å². The van der Waals surface area contributed by atoms with Crippen LogP contribution >= 0.6 is 0 Å². The van der Waals surface area contributed by atoms with Crippen LogP contribution in [0.2, 0.25) is 14.8 Å². The van der Waals surface area contributed by atoms with Gasteiger partial charge in [-0.05, 0) is 0 Å². The van der Waals surface area contributed by atoms with E-state index in [-0.39, 0.29) is 0 Å². The zero-order chi connectivity index (χ0) is 13.3. The first kappa shape index (κ1) is 14.7. The van der Waals surface area contributed by atoms with Gasteiger partial charge in [-0.2, -0.15) is 0 Å². The Morgan fingerprint density at radius 2 is 1.56 bits per heavy atom. The predicted molar refractivity (Wildman–Crippen MR) is 84.4 cm³/mol. The summed E-state index contributed by atoms with van der Waals surface area (Å²) in [6.07, 6.45) is 3.98. The Labute approximate surface area is 117 Å². The predicted octanol–water partition coefficient (Wildman–Crippen LogP) is 2.81. The molecule has 0 atom stereocenters. The summed E-state index contributed by atoms with van der Waals surface area (Å²) < 4.78 is 2.68. The van der Waals surface area contributed by atoms with E-state index in [1.807, 2.05) is 0 Å². The van der Waals surface area contributed by atoms with Gasteiger partial charge in [0.15, 0.2) is 0 Å². The van der Waals surface area contributed by atoms with Crippen molar-refractivity contribution in [2.45, 2.75) is 34.1 Å². The average Bonchev–Trinajstić information content (AvgIpc) is 2.78. The molecule has 0 aromatic heterocycles. The molecule has 0 radical (unpaired) electrons. The Kier molecular flexibility index (Phi) is 4.66. The van der Waals surface area contributed by atoms with Gasteiger partial charge >= 0.3 is 117 Å². The van der Waals surface area contributed by atoms with E-state index in [4.69, 9.17) is 0 Å². The van der Waals surface area contributed by atoms with Gasteiger partial charge < -0.3 is 0 Å². The van der Waals surface area contributed by atoms with E-state index < -0.39 is 18.4 Å². The summed E-state index contributed by atoms with van der Waals surface area (Å²) >= 11 is -1.79. The third-order valence-electron chi connectivity index (χ3n) is 3.97. The third kappa shape index (κ3) is 3.64. The van der Waals surface area contributed by atoms with Crippen molar-refractivity contribution >= 4 is 25.4 Å². The van der Waals surface area contributed by atoms with Crippen LogP contribution in [0.15, 0.2) is 21.2 Å². The molecular weight excluding hydrogens is 326 g/mol. The normalized spacial score (nSPS) is 27.9. The number of rotatable bonds is 2. The third-order valence-corrected chi connectivity index (χ3v) is 7.44. The van der Waals surface area contributed by atoms with Gasteiger partial charge in [0.1, 0.15) is 0 Å². The van der Waals surface area contributed by atoms with E-state index in [2.05, 4.69) is 48.6 Å². The van der Waals surface area contributed by atoms with Gasteiger partial charge in [0, 0.05) is 0 Å². The van der Waals surface area contributed by atoms with Crippen molar-refractivity contribution in [3.8, 4) is 0 Å². The van der Waals surface area contributed by atoms with Gasteiger partial charge in [-0.3, -0.25) is 0 Å². The van der Waals surface area contributed by atoms with Gasteiger partial charge in [-0.15, -0.1) is 0 Å². The van der Waals surface area contributed by atoms with Crippen LogP contribution in [-0.2, 0) is 0 Å². The number of hydrogen-bond donors (Lipinski definition) is 0. The van der Waals surface area contributed by atoms with Gasteiger partial charge in [-0.1, -0.05) is 0 Å². The first-order chi connectivity index (χ1) is 8.37. The van der Waals surface area contributed by atoms with Crippen molar-refractivity contribution < 1.29 is 0 Å². The van der Waals surface area contributed by atoms with E-state index in [9.17, 15) is 0 Å². The quantitative estimate of drug-likeness (QED) is 0.705. The number of allylic oxidation sites excluding steroid dienone is 2. The first-order valence-electron chi connectivity index (χ1n) is 7.20. The first-order valence-corrected chi connectivity index (χ1v) is 17.4. The zero-order valence-corrected chi connectivity index (χ0v) is 15.5. The molecule has 2 nitrogen and oxygen atoms in total. The monoisotopic (exact) mass is 354 g/mol. The average molecular weight is 353 g/mol. The van der Waals surface area contributed by atoms with Crippen molar-refractivity contribution in [1.29, 1.82) is 0 Å². The van der Waals surface area contributed by atoms with E-state index in [1.165, 1.54) is 32.4 Å². The Balaban J connectivity index is 2.19. The standard InChI is InChI=1S/C11H18BN2.3CH3.Sn/c1-10-5-4-6-11(10)9-12-13(2)7-8-14(12)3;;;;/h1,9H,4-8H2,2-3H3;3*1H3;. The molecule has 1 aliphatic heterocycles. The van der Waals surface area contributed by atoms with Crippen LogP contribution in [-0.4, -0.2) is 62.2 Å². The van der Waals surface area contributed by atoms with Crippen molar-refractivity contribution in [3.05, 3.63) is 21.2 Å². The molecule has 0 bridgehead atoms. The van der Waals surface area contributed by atoms with Crippen LogP contribution in [0.4, 0.5) is 0 Å². The molecule has 0 spiro atoms. The molecule has 2 aliphatic rings. The summed E-state index contributed by atoms with van der Waals surface area (Å²) in [6, 6.07) is 0. The summed E-state index contributed by atoms with van der Waals surface area (Å²) in [5, 5.41) is 0. The van der Waals surface area contributed by atoms with E-state index in [0.717, 1.165) is 0 Å². The summed E-state index contributed by atoms with van der Waals surface area (Å²) in [5.41, 5.74) is 3.33. The molecule has 0 N–H and O–H groups in total. The molecule has 4 heteroatoms. The van der Waals surface area contributed by atoms with E-state index in [0.29, 0.717) is 6.98 Å². The van der Waals surface area contributed by atoms with Crippen LogP contribution in [0, 0.1) is 0 Å². The SMILES string of the molecule is CN1CCN(C)B1C=C1CCCC1=[CH][Sn]([CH3])([CH3])[CH3]. The molecule has 1 saturated heterocycles. The van der Waals surface area contributed by atoms with Gasteiger partial charge in [0.05, 0.1) is 0 Å². The molecule has 0 aromatic carbocycles. The maximum absolute atomic E-state index is 2.68. The van der Waals surface area contributed by atoms with Crippen LogP contribution in [0.25, 0.3) is 0 Å². The molecule has 1 heterocycles. The minimum atomic E-state index is -1.79. The molecule has 1 aliphatic carbocycles. The van der Waals surface area contributed by atoms with Crippen LogP contribution in [0.3, 0.4) is 0 Å². The summed E-state index contributed by atoms with van der Waals surface area (Å²) in [4.78, 5) is 12.4. The fraction of sp³-hybridized carbons (Fsp3) is 0.714. The molecule has 0 amide bonds. The Bertz CT molecular complexity index is 360. The summed E-state index contributed by atoms with van der Waals surface area (Å²) in [7, 11) is 4.49. The topological polar surface area (TPSA) is 6.48 Å². The van der Waals surface area contributed by atoms with Gasteiger partial charge in [0.25, 0.3) is 0 Å². The van der Waals surface area contributed by atoms with Crippen molar-refractivity contribution in [2.24, 2.45) is 0 Å². The van der Waals surface area contributed by atoms with Crippen LogP contribution < -0.4 is 0 Å². The minimum absolute atomic E-state index is 0.525. The Hall–Kier alpha value is 0.264. The number of likely N-dealkylation sites (N-methyl/N-ethyl adjacent to an activating group) is 2. The number of nitrogens with zero attached hydrogens (tertiary/aromatic N) is 2. The summed E-state index contributed by atoms with van der Waals surface area (Å²) in [6.45, 7) is 2.92. The molecule has 18 heavy (non-hydrogen) atoms. The molecule has 2 rings (SSSR count). The van der Waals surface area contributed by atoms with E-state index in [1.54, 1.807) is 11.1 Å². The van der Waals surface area contributed by atoms with E-state index >= 15 is 0 Å².